The second-order valence-corrected chi connectivity index (χ2v) is 6.33. The molecular weight excluding hydrogens is 304 g/mol. The van der Waals surface area contributed by atoms with Crippen LogP contribution in [-0.2, 0) is 4.74 Å². The predicted octanol–water partition coefficient (Wildman–Crippen LogP) is 4.20. The average Bonchev–Trinajstić information content (AvgIpc) is 2.57. The van der Waals surface area contributed by atoms with Crippen molar-refractivity contribution in [2.75, 3.05) is 13.9 Å². The number of hydrogen-bond donors (Lipinski definition) is 2. The maximum absolute atomic E-state index is 10.8. The van der Waals surface area contributed by atoms with Gasteiger partial charge in [-0.15, -0.1) is 0 Å². The molecule has 0 heterocycles. The molecule has 0 aromatic heterocycles. The van der Waals surface area contributed by atoms with E-state index < -0.39 is 6.10 Å². The van der Waals surface area contributed by atoms with Gasteiger partial charge in [0.2, 0.25) is 0 Å². The first-order valence-electron chi connectivity index (χ1n) is 8.09. The largest absolute Gasteiger partial charge is 0.508 e. The van der Waals surface area contributed by atoms with Gasteiger partial charge >= 0.3 is 0 Å². The van der Waals surface area contributed by atoms with E-state index in [0.717, 1.165) is 33.6 Å². The lowest BCUT2D eigenvalue weighted by Crippen LogP contribution is -2.07. The van der Waals surface area contributed by atoms with Crippen LogP contribution in [-0.4, -0.2) is 24.1 Å². The SMILES string of the molecule is COCOc1ccc(C(O)c2ccc(O)c(C)c2C)cc1C(C)C. The molecule has 0 aliphatic heterocycles. The number of phenolic OH excluding ortho intramolecular Hbond substituents is 1. The lowest BCUT2D eigenvalue weighted by molar-refractivity contribution is 0.0502. The highest BCUT2D eigenvalue weighted by atomic mass is 16.7. The smallest absolute Gasteiger partial charge is 0.188 e. The van der Waals surface area contributed by atoms with E-state index in [4.69, 9.17) is 9.47 Å². The predicted molar refractivity (Wildman–Crippen MR) is 94.7 cm³/mol. The van der Waals surface area contributed by atoms with Crippen molar-refractivity contribution >= 4 is 0 Å². The van der Waals surface area contributed by atoms with E-state index in [1.54, 1.807) is 19.2 Å². The van der Waals surface area contributed by atoms with Gasteiger partial charge in [0.15, 0.2) is 6.79 Å². The molecule has 2 aromatic rings. The quantitative estimate of drug-likeness (QED) is 0.780. The summed E-state index contributed by atoms with van der Waals surface area (Å²) in [6, 6.07) is 9.10. The van der Waals surface area contributed by atoms with Gasteiger partial charge in [-0.25, -0.2) is 0 Å². The van der Waals surface area contributed by atoms with Gasteiger partial charge in [-0.3, -0.25) is 0 Å². The van der Waals surface area contributed by atoms with Crippen LogP contribution in [0.4, 0.5) is 0 Å². The Labute approximate surface area is 143 Å². The van der Waals surface area contributed by atoms with E-state index >= 15 is 0 Å². The Hall–Kier alpha value is -2.04. The van der Waals surface area contributed by atoms with Crippen LogP contribution in [0.2, 0.25) is 0 Å². The average molecular weight is 330 g/mol. The number of methoxy groups -OCH3 is 1. The molecule has 0 aliphatic rings. The summed E-state index contributed by atoms with van der Waals surface area (Å²) in [5, 5.41) is 20.6. The Balaban J connectivity index is 2.41. The summed E-state index contributed by atoms with van der Waals surface area (Å²) in [4.78, 5) is 0. The molecule has 2 aromatic carbocycles. The number of aromatic hydroxyl groups is 1. The van der Waals surface area contributed by atoms with Gasteiger partial charge in [-0.2, -0.15) is 0 Å². The molecular formula is C20H26O4. The van der Waals surface area contributed by atoms with Crippen molar-refractivity contribution in [1.29, 1.82) is 0 Å². The summed E-state index contributed by atoms with van der Waals surface area (Å²) in [6.45, 7) is 8.12. The monoisotopic (exact) mass is 330 g/mol. The zero-order valence-corrected chi connectivity index (χ0v) is 15.0. The number of aliphatic hydroxyl groups is 1. The van der Waals surface area contributed by atoms with Crippen molar-refractivity contribution < 1.29 is 19.7 Å². The van der Waals surface area contributed by atoms with Crippen LogP contribution >= 0.6 is 0 Å². The zero-order chi connectivity index (χ0) is 17.9. The lowest BCUT2D eigenvalue weighted by atomic mass is 9.91. The molecule has 0 spiro atoms. The molecule has 0 amide bonds. The number of benzene rings is 2. The molecule has 0 saturated heterocycles. The summed E-state index contributed by atoms with van der Waals surface area (Å²) in [5.74, 6) is 1.27. The van der Waals surface area contributed by atoms with Gasteiger partial charge in [-0.05, 0) is 65.8 Å². The fourth-order valence-electron chi connectivity index (χ4n) is 2.75. The second-order valence-electron chi connectivity index (χ2n) is 6.33. The van der Waals surface area contributed by atoms with Crippen molar-refractivity contribution in [3.05, 3.63) is 58.1 Å². The van der Waals surface area contributed by atoms with Crippen LogP contribution in [0.15, 0.2) is 30.3 Å². The molecule has 2 N–H and O–H groups in total. The van der Waals surface area contributed by atoms with Crippen LogP contribution in [0, 0.1) is 13.8 Å². The van der Waals surface area contributed by atoms with Crippen molar-refractivity contribution in [3.63, 3.8) is 0 Å². The van der Waals surface area contributed by atoms with Crippen LogP contribution in [0.5, 0.6) is 11.5 Å². The van der Waals surface area contributed by atoms with Crippen molar-refractivity contribution in [1.82, 2.24) is 0 Å². The highest BCUT2D eigenvalue weighted by molar-refractivity contribution is 5.48. The minimum absolute atomic E-state index is 0.192. The molecule has 0 radical (unpaired) electrons. The summed E-state index contributed by atoms with van der Waals surface area (Å²) in [6.07, 6.45) is -0.752. The maximum Gasteiger partial charge on any atom is 0.188 e. The third-order valence-electron chi connectivity index (χ3n) is 4.40. The zero-order valence-electron chi connectivity index (χ0n) is 15.0. The molecule has 1 unspecified atom stereocenters. The molecule has 130 valence electrons. The van der Waals surface area contributed by atoms with Gasteiger partial charge < -0.3 is 19.7 Å². The molecule has 0 aliphatic carbocycles. The fraction of sp³-hybridized carbons (Fsp3) is 0.400. The maximum atomic E-state index is 10.8. The Morgan fingerprint density at radius 3 is 2.33 bits per heavy atom. The minimum atomic E-state index is -0.752. The highest BCUT2D eigenvalue weighted by Gasteiger charge is 2.18. The number of ether oxygens (including phenoxy) is 2. The number of rotatable bonds is 6. The third kappa shape index (κ3) is 3.71. The molecule has 4 heteroatoms. The Morgan fingerprint density at radius 2 is 1.71 bits per heavy atom. The van der Waals surface area contributed by atoms with Crippen LogP contribution in [0.1, 0.15) is 53.7 Å². The van der Waals surface area contributed by atoms with Crippen molar-refractivity contribution in [3.8, 4) is 11.5 Å². The topological polar surface area (TPSA) is 58.9 Å². The van der Waals surface area contributed by atoms with E-state index in [0.29, 0.717) is 0 Å². The Kier molecular flexibility index (Phi) is 5.86. The van der Waals surface area contributed by atoms with Crippen LogP contribution in [0.25, 0.3) is 0 Å². The molecule has 1 atom stereocenters. The second kappa shape index (κ2) is 7.69. The summed E-state index contributed by atoms with van der Waals surface area (Å²) >= 11 is 0. The normalized spacial score (nSPS) is 12.5. The number of phenols is 1. The van der Waals surface area contributed by atoms with E-state index in [1.165, 1.54) is 0 Å². The first-order valence-corrected chi connectivity index (χ1v) is 8.09. The first-order chi connectivity index (χ1) is 11.4. The van der Waals surface area contributed by atoms with E-state index in [9.17, 15) is 10.2 Å². The molecule has 4 nitrogen and oxygen atoms in total. The minimum Gasteiger partial charge on any atom is -0.508 e. The van der Waals surface area contributed by atoms with Crippen LogP contribution in [0.3, 0.4) is 0 Å². The lowest BCUT2D eigenvalue weighted by Gasteiger charge is -2.20. The molecule has 0 bridgehead atoms. The highest BCUT2D eigenvalue weighted by Crippen LogP contribution is 2.34. The summed E-state index contributed by atoms with van der Waals surface area (Å²) < 4.78 is 10.6. The van der Waals surface area contributed by atoms with E-state index in [2.05, 4.69) is 13.8 Å². The molecule has 0 saturated carbocycles. The van der Waals surface area contributed by atoms with E-state index in [1.807, 2.05) is 32.0 Å². The Morgan fingerprint density at radius 1 is 1.00 bits per heavy atom. The molecule has 2 rings (SSSR count). The third-order valence-corrected chi connectivity index (χ3v) is 4.40. The number of hydrogen-bond acceptors (Lipinski definition) is 4. The van der Waals surface area contributed by atoms with Crippen molar-refractivity contribution in [2.24, 2.45) is 0 Å². The number of aliphatic hydroxyl groups excluding tert-OH is 1. The fourth-order valence-corrected chi connectivity index (χ4v) is 2.75. The standard InChI is InChI=1S/C20H26O4/c1-12(2)17-10-15(6-9-19(17)24-11-23-5)20(22)16-7-8-18(21)14(4)13(16)3/h6-10,12,20-22H,11H2,1-5H3. The first kappa shape index (κ1) is 18.3. The van der Waals surface area contributed by atoms with Gasteiger partial charge in [-0.1, -0.05) is 26.0 Å². The van der Waals surface area contributed by atoms with E-state index in [-0.39, 0.29) is 18.5 Å². The molecule has 0 fully saturated rings. The molecule has 24 heavy (non-hydrogen) atoms. The summed E-state index contributed by atoms with van der Waals surface area (Å²) in [5.41, 5.74) is 4.31. The summed E-state index contributed by atoms with van der Waals surface area (Å²) in [7, 11) is 1.59. The Bertz CT molecular complexity index is 707. The van der Waals surface area contributed by atoms with Crippen molar-refractivity contribution in [2.45, 2.75) is 39.7 Å². The van der Waals surface area contributed by atoms with Gasteiger partial charge in [0.05, 0.1) is 0 Å². The van der Waals surface area contributed by atoms with Gasteiger partial charge in [0.1, 0.15) is 17.6 Å². The van der Waals surface area contributed by atoms with Gasteiger partial charge in [0.25, 0.3) is 0 Å². The van der Waals surface area contributed by atoms with Gasteiger partial charge in [0, 0.05) is 7.11 Å². The van der Waals surface area contributed by atoms with Crippen LogP contribution < -0.4 is 4.74 Å².